The van der Waals surface area contributed by atoms with Gasteiger partial charge in [0.25, 0.3) is 0 Å². The molecule has 0 spiro atoms. The number of nitrogens with zero attached hydrogens (tertiary/aromatic N) is 3. The third kappa shape index (κ3) is 6.67. The Labute approximate surface area is 241 Å². The quantitative estimate of drug-likeness (QED) is 0.369. The van der Waals surface area contributed by atoms with E-state index in [1.54, 1.807) is 18.2 Å². The molecule has 2 heterocycles. The molecule has 0 aromatic heterocycles. The molecule has 6 nitrogen and oxygen atoms in total. The van der Waals surface area contributed by atoms with Crippen LogP contribution >= 0.6 is 23.2 Å². The predicted molar refractivity (Wildman–Crippen MR) is 156 cm³/mol. The molecule has 0 saturated carbocycles. The lowest BCUT2D eigenvalue weighted by atomic mass is 9.95. The molecular weight excluding hydrogens is 553 g/mol. The molecule has 0 N–H and O–H groups in total. The molecule has 0 unspecified atom stereocenters. The maximum absolute atomic E-state index is 13.5. The SMILES string of the molecule is O=C([C@@H]1CCCN(S(=O)(=O)Cc2ccc(Cl)cc2Cl)C1)N1CCN(C(c2ccccc2)c2ccccc2)CC1. The molecule has 5 rings (SSSR count). The van der Waals surface area contributed by atoms with Crippen molar-refractivity contribution in [3.8, 4) is 0 Å². The van der Waals surface area contributed by atoms with E-state index in [2.05, 4.69) is 53.4 Å². The fraction of sp³-hybridized carbons (Fsp3) is 0.367. The van der Waals surface area contributed by atoms with Crippen molar-refractivity contribution in [2.45, 2.75) is 24.6 Å². The van der Waals surface area contributed by atoms with Crippen molar-refractivity contribution < 1.29 is 13.2 Å². The van der Waals surface area contributed by atoms with Gasteiger partial charge in [-0.2, -0.15) is 0 Å². The maximum Gasteiger partial charge on any atom is 0.227 e. The summed E-state index contributed by atoms with van der Waals surface area (Å²) in [6, 6.07) is 25.9. The van der Waals surface area contributed by atoms with Crippen LogP contribution in [-0.2, 0) is 20.6 Å². The monoisotopic (exact) mass is 585 g/mol. The van der Waals surface area contributed by atoms with Crippen LogP contribution in [0.5, 0.6) is 0 Å². The number of benzene rings is 3. The molecule has 1 amide bonds. The molecular formula is C30H33Cl2N3O3S. The van der Waals surface area contributed by atoms with Crippen LogP contribution in [0.1, 0.15) is 35.6 Å². The van der Waals surface area contributed by atoms with E-state index in [1.165, 1.54) is 15.4 Å². The highest BCUT2D eigenvalue weighted by atomic mass is 35.5. The van der Waals surface area contributed by atoms with Gasteiger partial charge in [0.15, 0.2) is 0 Å². The molecule has 2 aliphatic rings. The lowest BCUT2D eigenvalue weighted by Gasteiger charge is -2.41. The van der Waals surface area contributed by atoms with Gasteiger partial charge in [0.05, 0.1) is 17.7 Å². The van der Waals surface area contributed by atoms with Gasteiger partial charge < -0.3 is 4.90 Å². The van der Waals surface area contributed by atoms with Crippen LogP contribution in [0.15, 0.2) is 78.9 Å². The summed E-state index contributed by atoms with van der Waals surface area (Å²) in [6.45, 7) is 3.38. The fourth-order valence-electron chi connectivity index (χ4n) is 5.67. The van der Waals surface area contributed by atoms with Crippen molar-refractivity contribution in [1.29, 1.82) is 0 Å². The summed E-state index contributed by atoms with van der Waals surface area (Å²) in [4.78, 5) is 17.9. The zero-order valence-electron chi connectivity index (χ0n) is 21.8. The minimum atomic E-state index is -3.62. The minimum absolute atomic E-state index is 0.0510. The van der Waals surface area contributed by atoms with Gasteiger partial charge in [-0.3, -0.25) is 9.69 Å². The summed E-state index contributed by atoms with van der Waals surface area (Å²) in [7, 11) is -3.62. The number of carbonyl (C=O) groups is 1. The van der Waals surface area contributed by atoms with E-state index in [0.29, 0.717) is 48.1 Å². The highest BCUT2D eigenvalue weighted by molar-refractivity contribution is 7.88. The lowest BCUT2D eigenvalue weighted by molar-refractivity contribution is -0.138. The van der Waals surface area contributed by atoms with Crippen LogP contribution in [0.3, 0.4) is 0 Å². The second-order valence-corrected chi connectivity index (χ2v) is 13.1. The standard InChI is InChI=1S/C30H33Cl2N3O3S/c31-27-14-13-26(28(32)20-27)22-39(37,38)35-15-7-12-25(21-35)30(36)34-18-16-33(17-19-34)29(23-8-3-1-4-9-23)24-10-5-2-6-11-24/h1-6,8-11,13-14,20,25,29H,7,12,15-19,21-22H2/t25-/m1/s1. The summed E-state index contributed by atoms with van der Waals surface area (Å²) in [5, 5.41) is 0.793. The number of piperidine rings is 1. The molecule has 2 saturated heterocycles. The first-order chi connectivity index (χ1) is 18.8. The second-order valence-electron chi connectivity index (χ2n) is 10.3. The molecule has 0 aliphatic carbocycles. The molecule has 39 heavy (non-hydrogen) atoms. The van der Waals surface area contributed by atoms with Crippen LogP contribution in [0.25, 0.3) is 0 Å². The highest BCUT2D eigenvalue weighted by Crippen LogP contribution is 2.31. The Morgan fingerprint density at radius 2 is 1.46 bits per heavy atom. The van der Waals surface area contributed by atoms with E-state index in [1.807, 2.05) is 17.0 Å². The van der Waals surface area contributed by atoms with E-state index in [-0.39, 0.29) is 30.2 Å². The van der Waals surface area contributed by atoms with Crippen LogP contribution in [0, 0.1) is 5.92 Å². The topological polar surface area (TPSA) is 60.9 Å². The number of amides is 1. The van der Waals surface area contributed by atoms with E-state index in [0.717, 1.165) is 13.1 Å². The zero-order chi connectivity index (χ0) is 27.4. The molecule has 3 aromatic carbocycles. The summed E-state index contributed by atoms with van der Waals surface area (Å²) < 4.78 is 27.9. The van der Waals surface area contributed by atoms with Crippen LogP contribution in [0.2, 0.25) is 10.0 Å². The number of hydrogen-bond acceptors (Lipinski definition) is 4. The highest BCUT2D eigenvalue weighted by Gasteiger charge is 2.36. The molecule has 1 atom stereocenters. The number of carbonyl (C=O) groups excluding carboxylic acids is 1. The van der Waals surface area contributed by atoms with E-state index >= 15 is 0 Å². The normalized spacial score (nSPS) is 19.4. The van der Waals surface area contributed by atoms with Gasteiger partial charge in [-0.15, -0.1) is 0 Å². The van der Waals surface area contributed by atoms with Crippen molar-refractivity contribution in [1.82, 2.24) is 14.1 Å². The first-order valence-electron chi connectivity index (χ1n) is 13.4. The Morgan fingerprint density at radius 1 is 0.846 bits per heavy atom. The Morgan fingerprint density at radius 3 is 2.05 bits per heavy atom. The van der Waals surface area contributed by atoms with E-state index < -0.39 is 10.0 Å². The van der Waals surface area contributed by atoms with Crippen molar-refractivity contribution in [2.75, 3.05) is 39.3 Å². The van der Waals surface area contributed by atoms with Gasteiger partial charge in [0.1, 0.15) is 0 Å². The smallest absolute Gasteiger partial charge is 0.227 e. The van der Waals surface area contributed by atoms with Crippen molar-refractivity contribution in [3.63, 3.8) is 0 Å². The first-order valence-corrected chi connectivity index (χ1v) is 15.7. The van der Waals surface area contributed by atoms with E-state index in [4.69, 9.17) is 23.2 Å². The summed E-state index contributed by atoms with van der Waals surface area (Å²) in [6.07, 6.45) is 1.36. The summed E-state index contributed by atoms with van der Waals surface area (Å²) in [5.41, 5.74) is 2.98. The van der Waals surface area contributed by atoms with Crippen LogP contribution < -0.4 is 0 Å². The molecule has 206 valence electrons. The largest absolute Gasteiger partial charge is 0.340 e. The van der Waals surface area contributed by atoms with Crippen LogP contribution in [0.4, 0.5) is 0 Å². The Kier molecular flexibility index (Phi) is 8.94. The molecule has 2 fully saturated rings. The second kappa shape index (κ2) is 12.4. The fourth-order valence-corrected chi connectivity index (χ4v) is 7.86. The number of hydrogen-bond donors (Lipinski definition) is 0. The number of piperazine rings is 1. The molecule has 0 bridgehead atoms. The predicted octanol–water partition coefficient (Wildman–Crippen LogP) is 5.47. The van der Waals surface area contributed by atoms with Gasteiger partial charge in [-0.05, 0) is 41.7 Å². The van der Waals surface area contributed by atoms with Gasteiger partial charge in [-0.1, -0.05) is 89.9 Å². The van der Waals surface area contributed by atoms with E-state index in [9.17, 15) is 13.2 Å². The van der Waals surface area contributed by atoms with Crippen molar-refractivity contribution in [2.24, 2.45) is 5.92 Å². The molecule has 9 heteroatoms. The summed E-state index contributed by atoms with van der Waals surface area (Å²) in [5.74, 6) is -0.488. The first kappa shape index (κ1) is 28.1. The Bertz CT molecular complexity index is 1340. The van der Waals surface area contributed by atoms with Gasteiger partial charge >= 0.3 is 0 Å². The number of sulfonamides is 1. The van der Waals surface area contributed by atoms with Crippen molar-refractivity contribution in [3.05, 3.63) is 106 Å². The average molecular weight is 587 g/mol. The number of rotatable bonds is 7. The average Bonchev–Trinajstić information content (AvgIpc) is 2.96. The Balaban J connectivity index is 1.23. The summed E-state index contributed by atoms with van der Waals surface area (Å²) >= 11 is 12.2. The van der Waals surface area contributed by atoms with Gasteiger partial charge in [0.2, 0.25) is 15.9 Å². The minimum Gasteiger partial charge on any atom is -0.340 e. The van der Waals surface area contributed by atoms with Crippen molar-refractivity contribution >= 4 is 39.1 Å². The Hall–Kier alpha value is -2.42. The maximum atomic E-state index is 13.5. The van der Waals surface area contributed by atoms with Crippen LogP contribution in [-0.4, -0.2) is 67.7 Å². The molecule has 0 radical (unpaired) electrons. The third-order valence-electron chi connectivity index (χ3n) is 7.70. The molecule has 3 aromatic rings. The molecule has 2 aliphatic heterocycles. The zero-order valence-corrected chi connectivity index (χ0v) is 24.1. The lowest BCUT2D eigenvalue weighted by Crippen LogP contribution is -2.53. The third-order valence-corrected chi connectivity index (χ3v) is 10.1. The number of halogens is 2. The van der Waals surface area contributed by atoms with Gasteiger partial charge in [0, 0.05) is 49.3 Å². The van der Waals surface area contributed by atoms with Gasteiger partial charge in [-0.25, -0.2) is 12.7 Å².